The van der Waals surface area contributed by atoms with Crippen LogP contribution in [0.5, 0.6) is 0 Å². The molecule has 0 spiro atoms. The van der Waals surface area contributed by atoms with Crippen molar-refractivity contribution in [3.63, 3.8) is 0 Å². The molecule has 39 heavy (non-hydrogen) atoms. The monoisotopic (exact) mass is 549 g/mol. The van der Waals surface area contributed by atoms with Crippen molar-refractivity contribution in [1.29, 1.82) is 0 Å². The molecule has 7 nitrogen and oxygen atoms in total. The summed E-state index contributed by atoms with van der Waals surface area (Å²) in [6, 6.07) is 5.97. The molecule has 0 radical (unpaired) electrons. The van der Waals surface area contributed by atoms with Crippen molar-refractivity contribution < 1.29 is 36.7 Å². The molecule has 2 N–H and O–H groups in total. The quantitative estimate of drug-likeness (QED) is 0.497. The van der Waals surface area contributed by atoms with Crippen molar-refractivity contribution in [2.24, 2.45) is 5.92 Å². The van der Waals surface area contributed by atoms with Crippen LogP contribution >= 0.6 is 0 Å². The molecule has 0 saturated carbocycles. The van der Waals surface area contributed by atoms with Crippen LogP contribution in [0.25, 0.3) is 0 Å². The van der Waals surface area contributed by atoms with Crippen LogP contribution in [0.2, 0.25) is 0 Å². The van der Waals surface area contributed by atoms with E-state index >= 15 is 8.78 Å². The van der Waals surface area contributed by atoms with E-state index in [-0.39, 0.29) is 47.8 Å². The number of hydrogen-bond acceptors (Lipinski definition) is 4. The van der Waals surface area contributed by atoms with Gasteiger partial charge in [0.05, 0.1) is 5.56 Å². The Morgan fingerprint density at radius 2 is 1.64 bits per heavy atom. The SMILES string of the molecule is Cc1cc(NC(=O)c2ccc(F)c(C(F)(F)C(=O)N3CCC(NC(=O)CC4CCOCC4)CC3)c2)ccc1F. The summed E-state index contributed by atoms with van der Waals surface area (Å²) in [5.74, 6) is -8.25. The summed E-state index contributed by atoms with van der Waals surface area (Å²) in [4.78, 5) is 38.7. The summed E-state index contributed by atoms with van der Waals surface area (Å²) in [5, 5.41) is 5.38. The number of ether oxygens (including phenoxy) is 1. The van der Waals surface area contributed by atoms with Crippen LogP contribution in [0.15, 0.2) is 36.4 Å². The van der Waals surface area contributed by atoms with Gasteiger partial charge in [-0.1, -0.05) is 0 Å². The Balaban J connectivity index is 1.36. The highest BCUT2D eigenvalue weighted by molar-refractivity contribution is 6.04. The molecule has 210 valence electrons. The predicted octanol–water partition coefficient (Wildman–Crippen LogP) is 4.54. The van der Waals surface area contributed by atoms with Gasteiger partial charge in [-0.05, 0) is 80.5 Å². The van der Waals surface area contributed by atoms with Gasteiger partial charge in [-0.25, -0.2) is 8.78 Å². The van der Waals surface area contributed by atoms with E-state index in [0.29, 0.717) is 44.6 Å². The summed E-state index contributed by atoms with van der Waals surface area (Å²) in [6.45, 7) is 2.71. The smallest absolute Gasteiger partial charge is 0.352 e. The van der Waals surface area contributed by atoms with E-state index in [1.807, 2.05) is 0 Å². The lowest BCUT2D eigenvalue weighted by Gasteiger charge is -2.34. The van der Waals surface area contributed by atoms with Gasteiger partial charge in [-0.15, -0.1) is 0 Å². The van der Waals surface area contributed by atoms with Gasteiger partial charge < -0.3 is 20.3 Å². The number of alkyl halides is 2. The molecule has 11 heteroatoms. The van der Waals surface area contributed by atoms with Gasteiger partial charge in [0.1, 0.15) is 11.6 Å². The predicted molar refractivity (Wildman–Crippen MR) is 135 cm³/mol. The number of amides is 3. The molecule has 2 heterocycles. The van der Waals surface area contributed by atoms with E-state index in [0.717, 1.165) is 29.9 Å². The first-order valence-corrected chi connectivity index (χ1v) is 13.0. The number of carbonyl (C=O) groups excluding carboxylic acids is 3. The Hall–Kier alpha value is -3.47. The summed E-state index contributed by atoms with van der Waals surface area (Å²) in [7, 11) is 0. The van der Waals surface area contributed by atoms with E-state index < -0.39 is 34.9 Å². The van der Waals surface area contributed by atoms with Gasteiger partial charge in [0.2, 0.25) is 5.91 Å². The highest BCUT2D eigenvalue weighted by Crippen LogP contribution is 2.34. The van der Waals surface area contributed by atoms with E-state index in [9.17, 15) is 23.2 Å². The van der Waals surface area contributed by atoms with Crippen LogP contribution in [0.1, 0.15) is 53.6 Å². The second kappa shape index (κ2) is 12.1. The fourth-order valence-corrected chi connectivity index (χ4v) is 4.87. The molecule has 0 aromatic heterocycles. The number of hydrogen-bond donors (Lipinski definition) is 2. The first-order chi connectivity index (χ1) is 18.5. The Morgan fingerprint density at radius 3 is 2.31 bits per heavy atom. The van der Waals surface area contributed by atoms with Crippen molar-refractivity contribution in [2.75, 3.05) is 31.6 Å². The molecule has 2 aromatic carbocycles. The van der Waals surface area contributed by atoms with Crippen molar-refractivity contribution in [1.82, 2.24) is 10.2 Å². The number of likely N-dealkylation sites (tertiary alicyclic amines) is 1. The molecule has 0 bridgehead atoms. The number of halogens is 4. The van der Waals surface area contributed by atoms with Crippen molar-refractivity contribution in [3.8, 4) is 0 Å². The average molecular weight is 550 g/mol. The third kappa shape index (κ3) is 6.95. The molecule has 2 saturated heterocycles. The van der Waals surface area contributed by atoms with Crippen LogP contribution < -0.4 is 10.6 Å². The maximum Gasteiger partial charge on any atom is 0.352 e. The molecule has 4 rings (SSSR count). The molecule has 2 aliphatic rings. The molecule has 2 aromatic rings. The van der Waals surface area contributed by atoms with E-state index in [1.54, 1.807) is 0 Å². The lowest BCUT2D eigenvalue weighted by molar-refractivity contribution is -0.160. The Morgan fingerprint density at radius 1 is 0.974 bits per heavy atom. The molecular weight excluding hydrogens is 518 g/mol. The number of piperidine rings is 1. The number of carbonyl (C=O) groups is 3. The normalized spacial score (nSPS) is 17.1. The summed E-state index contributed by atoms with van der Waals surface area (Å²) in [5.41, 5.74) is -0.989. The summed E-state index contributed by atoms with van der Waals surface area (Å²) < 4.78 is 63.8. The van der Waals surface area contributed by atoms with E-state index in [4.69, 9.17) is 4.74 Å². The minimum atomic E-state index is -4.22. The molecule has 0 unspecified atom stereocenters. The van der Waals surface area contributed by atoms with Crippen LogP contribution in [0.3, 0.4) is 0 Å². The van der Waals surface area contributed by atoms with Crippen molar-refractivity contribution >= 4 is 23.4 Å². The van der Waals surface area contributed by atoms with Crippen LogP contribution in [0.4, 0.5) is 23.2 Å². The number of nitrogens with zero attached hydrogens (tertiary/aromatic N) is 1. The van der Waals surface area contributed by atoms with Crippen LogP contribution in [-0.4, -0.2) is 55.0 Å². The number of aryl methyl sites for hydroxylation is 1. The van der Waals surface area contributed by atoms with Gasteiger partial charge in [0.25, 0.3) is 11.8 Å². The fourth-order valence-electron chi connectivity index (χ4n) is 4.87. The Labute approximate surface area is 223 Å². The average Bonchev–Trinajstić information content (AvgIpc) is 2.91. The third-order valence-electron chi connectivity index (χ3n) is 7.21. The molecule has 2 aliphatic heterocycles. The Kier molecular flexibility index (Phi) is 8.89. The van der Waals surface area contributed by atoms with E-state index in [1.165, 1.54) is 19.1 Å². The molecule has 2 fully saturated rings. The summed E-state index contributed by atoms with van der Waals surface area (Å²) >= 11 is 0. The van der Waals surface area contributed by atoms with Gasteiger partial charge in [-0.2, -0.15) is 8.78 Å². The van der Waals surface area contributed by atoms with Gasteiger partial charge in [0, 0.05) is 50.0 Å². The van der Waals surface area contributed by atoms with Crippen LogP contribution in [-0.2, 0) is 20.2 Å². The first kappa shape index (κ1) is 28.5. The highest BCUT2D eigenvalue weighted by Gasteiger charge is 2.47. The Bertz CT molecular complexity index is 1230. The molecule has 3 amide bonds. The number of benzene rings is 2. The minimum Gasteiger partial charge on any atom is -0.381 e. The maximum atomic E-state index is 15.2. The fraction of sp³-hybridized carbons (Fsp3) is 0.464. The maximum absolute atomic E-state index is 15.2. The van der Waals surface area contributed by atoms with Gasteiger partial charge >= 0.3 is 5.92 Å². The largest absolute Gasteiger partial charge is 0.381 e. The van der Waals surface area contributed by atoms with E-state index in [2.05, 4.69) is 10.6 Å². The lowest BCUT2D eigenvalue weighted by Crippen LogP contribution is -2.50. The first-order valence-electron chi connectivity index (χ1n) is 13.0. The number of rotatable bonds is 7. The van der Waals surface area contributed by atoms with Crippen molar-refractivity contribution in [2.45, 2.75) is 51.0 Å². The zero-order chi connectivity index (χ0) is 28.2. The number of anilines is 1. The van der Waals surface area contributed by atoms with Gasteiger partial charge in [-0.3, -0.25) is 14.4 Å². The topological polar surface area (TPSA) is 87.7 Å². The molecule has 0 aliphatic carbocycles. The lowest BCUT2D eigenvalue weighted by atomic mass is 9.95. The highest BCUT2D eigenvalue weighted by atomic mass is 19.3. The standard InChI is InChI=1S/C28H31F4N3O4/c1-17-14-21(3-5-23(17)29)34-26(37)19-2-4-24(30)22(16-19)28(31,32)27(38)35-10-6-20(7-11-35)33-25(36)15-18-8-12-39-13-9-18/h2-5,14,16,18,20H,6-13,15H2,1H3,(H,33,36)(H,34,37). The molecule has 0 atom stereocenters. The molecular formula is C28H31F4N3O4. The second-order valence-corrected chi connectivity index (χ2v) is 10.1. The zero-order valence-electron chi connectivity index (χ0n) is 21.6. The minimum absolute atomic E-state index is 0.0254. The van der Waals surface area contributed by atoms with Crippen LogP contribution in [0, 0.1) is 24.5 Å². The summed E-state index contributed by atoms with van der Waals surface area (Å²) in [6.07, 6.45) is 2.61. The zero-order valence-corrected chi connectivity index (χ0v) is 21.6. The number of nitrogens with one attached hydrogen (secondary N) is 2. The third-order valence-corrected chi connectivity index (χ3v) is 7.21. The van der Waals surface area contributed by atoms with Crippen molar-refractivity contribution in [3.05, 3.63) is 64.7 Å². The second-order valence-electron chi connectivity index (χ2n) is 10.1. The van der Waals surface area contributed by atoms with Gasteiger partial charge in [0.15, 0.2) is 0 Å².